The molecule has 2 atom stereocenters. The number of carbonyl (C=O) groups is 3. The Bertz CT molecular complexity index is 977. The first-order valence-electron chi connectivity index (χ1n) is 13.0. The van der Waals surface area contributed by atoms with Gasteiger partial charge in [-0.2, -0.15) is 4.98 Å². The molecule has 1 aliphatic heterocycles. The lowest BCUT2D eigenvalue weighted by Crippen LogP contribution is -2.46. The Labute approximate surface area is 206 Å². The number of ketones is 1. The largest absolute Gasteiger partial charge is 0.432 e. The van der Waals surface area contributed by atoms with Crippen LogP contribution in [0.15, 0.2) is 22.7 Å². The molecule has 2 fully saturated rings. The minimum atomic E-state index is -0.772. The zero-order valence-electron chi connectivity index (χ0n) is 20.5. The predicted octanol–water partition coefficient (Wildman–Crippen LogP) is 3.53. The molecule has 3 heterocycles. The highest BCUT2D eigenvalue weighted by Crippen LogP contribution is 2.29. The van der Waals surface area contributed by atoms with E-state index in [1.54, 1.807) is 23.2 Å². The number of pyridine rings is 1. The summed E-state index contributed by atoms with van der Waals surface area (Å²) in [5, 5.41) is 2.90. The summed E-state index contributed by atoms with van der Waals surface area (Å²) in [7, 11) is 0. The molecule has 0 radical (unpaired) electrons. The second-order valence-corrected chi connectivity index (χ2v) is 9.65. The maximum absolute atomic E-state index is 13.4. The molecule has 1 saturated heterocycles. The van der Waals surface area contributed by atoms with Crippen molar-refractivity contribution >= 4 is 28.8 Å². The highest BCUT2D eigenvalue weighted by atomic mass is 16.5. The van der Waals surface area contributed by atoms with Crippen LogP contribution in [0.4, 0.5) is 0 Å². The van der Waals surface area contributed by atoms with E-state index in [0.29, 0.717) is 56.3 Å². The quantitative estimate of drug-likeness (QED) is 0.513. The monoisotopic (exact) mass is 484 g/mol. The van der Waals surface area contributed by atoms with Gasteiger partial charge in [0.25, 0.3) is 5.89 Å². The van der Waals surface area contributed by atoms with Crippen molar-refractivity contribution in [3.05, 3.63) is 24.2 Å². The highest BCUT2D eigenvalue weighted by molar-refractivity contribution is 6.00. The van der Waals surface area contributed by atoms with Gasteiger partial charge < -0.3 is 19.4 Å². The number of carbonyl (C=O) groups excluding carboxylic acids is 3. The van der Waals surface area contributed by atoms with E-state index in [1.165, 1.54) is 32.1 Å². The van der Waals surface area contributed by atoms with Gasteiger partial charge in [-0.05, 0) is 37.3 Å². The third kappa shape index (κ3) is 6.66. The summed E-state index contributed by atoms with van der Waals surface area (Å²) in [6.07, 6.45) is 9.82. The standard InChI is InChI=1S/C26H36N4O5/c1-2-20(23(32)26-29-24-21(35-26)9-6-12-27-24)28-25(33)19(11-10-18-7-4-3-5-8-18)17-22(31)30-13-15-34-16-14-30/h6,9,12,18-20H,2-5,7-8,10-11,13-17H2,1H3,(H,28,33). The molecular weight excluding hydrogens is 448 g/mol. The molecule has 9 heteroatoms. The third-order valence-electron chi connectivity index (χ3n) is 7.22. The van der Waals surface area contributed by atoms with Crippen LogP contribution in [-0.2, 0) is 14.3 Å². The first kappa shape index (κ1) is 25.3. The summed E-state index contributed by atoms with van der Waals surface area (Å²) < 4.78 is 10.9. The van der Waals surface area contributed by atoms with Crippen molar-refractivity contribution in [1.29, 1.82) is 0 Å². The molecule has 0 spiro atoms. The number of hydrogen-bond donors (Lipinski definition) is 1. The van der Waals surface area contributed by atoms with E-state index < -0.39 is 12.0 Å². The molecule has 0 bridgehead atoms. The first-order chi connectivity index (χ1) is 17.0. The van der Waals surface area contributed by atoms with Gasteiger partial charge in [0, 0.05) is 31.6 Å². The van der Waals surface area contributed by atoms with E-state index >= 15 is 0 Å². The SMILES string of the molecule is CCC(NC(=O)C(CCC1CCCCC1)CC(=O)N1CCOCC1)C(=O)c1nc2ncccc2o1. The lowest BCUT2D eigenvalue weighted by Gasteiger charge is -2.29. The average molecular weight is 485 g/mol. The zero-order chi connectivity index (χ0) is 24.6. The molecule has 2 aromatic rings. The summed E-state index contributed by atoms with van der Waals surface area (Å²) in [6, 6.07) is 2.64. The molecule has 4 rings (SSSR count). The Balaban J connectivity index is 1.42. The van der Waals surface area contributed by atoms with Crippen molar-refractivity contribution in [1.82, 2.24) is 20.2 Å². The van der Waals surface area contributed by atoms with Crippen LogP contribution in [0.1, 0.15) is 75.4 Å². The molecule has 2 aromatic heterocycles. The number of amides is 2. The predicted molar refractivity (Wildman–Crippen MR) is 130 cm³/mol. The van der Waals surface area contributed by atoms with Crippen molar-refractivity contribution < 1.29 is 23.5 Å². The maximum atomic E-state index is 13.4. The van der Waals surface area contributed by atoms with Crippen LogP contribution in [0.5, 0.6) is 0 Å². The molecule has 9 nitrogen and oxygen atoms in total. The number of hydrogen-bond acceptors (Lipinski definition) is 7. The molecule has 0 aromatic carbocycles. The van der Waals surface area contributed by atoms with Gasteiger partial charge in [-0.1, -0.05) is 39.0 Å². The lowest BCUT2D eigenvalue weighted by atomic mass is 9.83. The summed E-state index contributed by atoms with van der Waals surface area (Å²) in [5.41, 5.74) is 0.789. The third-order valence-corrected chi connectivity index (χ3v) is 7.22. The summed E-state index contributed by atoms with van der Waals surface area (Å²) in [5.74, 6) is -0.593. The van der Waals surface area contributed by atoms with E-state index in [2.05, 4.69) is 15.3 Å². The number of aromatic nitrogens is 2. The molecule has 35 heavy (non-hydrogen) atoms. The molecule has 190 valence electrons. The van der Waals surface area contributed by atoms with Crippen LogP contribution in [-0.4, -0.2) is 64.8 Å². The van der Waals surface area contributed by atoms with Crippen molar-refractivity contribution in [3.8, 4) is 0 Å². The van der Waals surface area contributed by atoms with E-state index in [4.69, 9.17) is 9.15 Å². The second-order valence-electron chi connectivity index (χ2n) is 9.65. The summed E-state index contributed by atoms with van der Waals surface area (Å²) >= 11 is 0. The van der Waals surface area contributed by atoms with Crippen LogP contribution in [0.3, 0.4) is 0 Å². The highest BCUT2D eigenvalue weighted by Gasteiger charge is 2.31. The van der Waals surface area contributed by atoms with Gasteiger partial charge >= 0.3 is 0 Å². The molecule has 1 saturated carbocycles. The number of ether oxygens (including phenoxy) is 1. The van der Waals surface area contributed by atoms with Gasteiger partial charge in [0.05, 0.1) is 19.3 Å². The normalized spacial score (nSPS) is 18.8. The number of morpholine rings is 1. The Hall–Kier alpha value is -2.81. The van der Waals surface area contributed by atoms with Crippen LogP contribution in [0.25, 0.3) is 11.2 Å². The van der Waals surface area contributed by atoms with Gasteiger partial charge in [-0.25, -0.2) is 4.98 Å². The number of Topliss-reactive ketones (excluding diaryl/α,β-unsaturated/α-hetero) is 1. The molecule has 2 aliphatic rings. The lowest BCUT2D eigenvalue weighted by molar-refractivity contribution is -0.139. The topological polar surface area (TPSA) is 115 Å². The van der Waals surface area contributed by atoms with Crippen molar-refractivity contribution in [2.45, 2.75) is 70.8 Å². The number of rotatable bonds is 10. The molecule has 1 N–H and O–H groups in total. The van der Waals surface area contributed by atoms with E-state index in [-0.39, 0.29) is 29.9 Å². The smallest absolute Gasteiger partial charge is 0.268 e. The van der Waals surface area contributed by atoms with Crippen molar-refractivity contribution in [2.75, 3.05) is 26.3 Å². The maximum Gasteiger partial charge on any atom is 0.268 e. The minimum absolute atomic E-state index is 0.0264. The Morgan fingerprint density at radius 3 is 2.66 bits per heavy atom. The van der Waals surface area contributed by atoms with E-state index in [0.717, 1.165) is 6.42 Å². The van der Waals surface area contributed by atoms with Crippen LogP contribution >= 0.6 is 0 Å². The van der Waals surface area contributed by atoms with Crippen molar-refractivity contribution in [2.24, 2.45) is 11.8 Å². The number of fused-ring (bicyclic) bond motifs is 1. The minimum Gasteiger partial charge on any atom is -0.432 e. The zero-order valence-corrected chi connectivity index (χ0v) is 20.5. The Morgan fingerprint density at radius 2 is 1.94 bits per heavy atom. The fourth-order valence-corrected chi connectivity index (χ4v) is 5.06. The van der Waals surface area contributed by atoms with E-state index in [9.17, 15) is 14.4 Å². The average Bonchev–Trinajstić information content (AvgIpc) is 3.34. The van der Waals surface area contributed by atoms with Gasteiger partial charge in [0.1, 0.15) is 0 Å². The Kier molecular flexibility index (Phi) is 8.84. The van der Waals surface area contributed by atoms with Crippen LogP contribution < -0.4 is 5.32 Å². The number of nitrogens with zero attached hydrogens (tertiary/aromatic N) is 3. The molecular formula is C26H36N4O5. The Morgan fingerprint density at radius 1 is 1.17 bits per heavy atom. The van der Waals surface area contributed by atoms with Gasteiger partial charge in [0.15, 0.2) is 11.2 Å². The molecule has 2 unspecified atom stereocenters. The second kappa shape index (κ2) is 12.2. The summed E-state index contributed by atoms with van der Waals surface area (Å²) in [6.45, 7) is 3.99. The fourth-order valence-electron chi connectivity index (χ4n) is 5.06. The molecule has 2 amide bonds. The molecule has 1 aliphatic carbocycles. The van der Waals surface area contributed by atoms with Gasteiger partial charge in [-0.3, -0.25) is 14.4 Å². The fraction of sp³-hybridized carbons (Fsp3) is 0.654. The van der Waals surface area contributed by atoms with Crippen LogP contribution in [0, 0.1) is 11.8 Å². The van der Waals surface area contributed by atoms with E-state index in [1.807, 2.05) is 6.92 Å². The summed E-state index contributed by atoms with van der Waals surface area (Å²) in [4.78, 5) is 49.5. The van der Waals surface area contributed by atoms with Crippen molar-refractivity contribution in [3.63, 3.8) is 0 Å². The van der Waals surface area contributed by atoms with Crippen LogP contribution in [0.2, 0.25) is 0 Å². The first-order valence-corrected chi connectivity index (χ1v) is 13.0. The number of nitrogens with one attached hydrogen (secondary N) is 1. The number of oxazole rings is 1. The van der Waals surface area contributed by atoms with Gasteiger partial charge in [-0.15, -0.1) is 0 Å². The van der Waals surface area contributed by atoms with Gasteiger partial charge in [0.2, 0.25) is 17.6 Å².